The third kappa shape index (κ3) is 2.85. The van der Waals surface area contributed by atoms with Crippen molar-refractivity contribution in [3.63, 3.8) is 0 Å². The van der Waals surface area contributed by atoms with Crippen molar-refractivity contribution in [2.45, 2.75) is 13.1 Å². The molecule has 5 heteroatoms. The van der Waals surface area contributed by atoms with Crippen LogP contribution >= 0.6 is 11.6 Å². The molecule has 0 N–H and O–H groups in total. The highest BCUT2D eigenvalue weighted by molar-refractivity contribution is 6.30. The van der Waals surface area contributed by atoms with Crippen LogP contribution in [0.1, 0.15) is 11.1 Å². The van der Waals surface area contributed by atoms with Gasteiger partial charge < -0.3 is 4.57 Å². The second kappa shape index (κ2) is 5.89. The molecular weight excluding hydrogens is 308 g/mol. The Labute approximate surface area is 139 Å². The van der Waals surface area contributed by atoms with Crippen molar-refractivity contribution in [1.29, 1.82) is 0 Å². The molecule has 0 radical (unpaired) electrons. The predicted octanol–water partition coefficient (Wildman–Crippen LogP) is 3.98. The summed E-state index contributed by atoms with van der Waals surface area (Å²) in [4.78, 5) is 4.01. The Morgan fingerprint density at radius 2 is 1.78 bits per heavy atom. The van der Waals surface area contributed by atoms with Gasteiger partial charge in [0.05, 0.1) is 6.54 Å². The molecule has 0 aliphatic carbocycles. The van der Waals surface area contributed by atoms with Gasteiger partial charge in [0.25, 0.3) is 0 Å². The van der Waals surface area contributed by atoms with Crippen LogP contribution in [0.5, 0.6) is 0 Å². The van der Waals surface area contributed by atoms with E-state index in [0.29, 0.717) is 6.54 Å². The van der Waals surface area contributed by atoms with Gasteiger partial charge in [0, 0.05) is 28.7 Å². The lowest BCUT2D eigenvalue weighted by atomic mass is 10.2. The van der Waals surface area contributed by atoms with Gasteiger partial charge in [-0.1, -0.05) is 41.9 Å². The van der Waals surface area contributed by atoms with Crippen LogP contribution in [0.3, 0.4) is 0 Å². The highest BCUT2D eigenvalue weighted by Gasteiger charge is 2.09. The lowest BCUT2D eigenvalue weighted by molar-refractivity contribution is 0.684. The molecule has 2 heterocycles. The van der Waals surface area contributed by atoms with Gasteiger partial charge in [-0.2, -0.15) is 5.10 Å². The summed E-state index contributed by atoms with van der Waals surface area (Å²) >= 11 is 5.97. The molecule has 0 atom stereocenters. The number of nitrogens with zero attached hydrogens (tertiary/aromatic N) is 4. The van der Waals surface area contributed by atoms with Crippen molar-refractivity contribution >= 4 is 22.5 Å². The third-order valence-corrected chi connectivity index (χ3v) is 4.19. The van der Waals surface area contributed by atoms with Crippen LogP contribution in [0.15, 0.2) is 67.4 Å². The monoisotopic (exact) mass is 322 g/mol. The molecule has 4 rings (SSSR count). The van der Waals surface area contributed by atoms with Gasteiger partial charge in [-0.15, -0.1) is 0 Å². The van der Waals surface area contributed by atoms with Crippen molar-refractivity contribution in [2.24, 2.45) is 0 Å². The van der Waals surface area contributed by atoms with Gasteiger partial charge in [-0.05, 0) is 29.3 Å². The van der Waals surface area contributed by atoms with E-state index >= 15 is 0 Å². The first-order valence-corrected chi connectivity index (χ1v) is 7.81. The van der Waals surface area contributed by atoms with Crippen LogP contribution in [-0.4, -0.2) is 19.3 Å². The molecular formula is C18H15ClN4. The van der Waals surface area contributed by atoms with E-state index in [1.165, 1.54) is 22.0 Å². The number of hydrogen-bond donors (Lipinski definition) is 0. The molecule has 0 unspecified atom stereocenters. The Morgan fingerprint density at radius 1 is 0.957 bits per heavy atom. The molecule has 0 bridgehead atoms. The van der Waals surface area contributed by atoms with Gasteiger partial charge >= 0.3 is 0 Å². The summed E-state index contributed by atoms with van der Waals surface area (Å²) in [7, 11) is 0. The number of rotatable bonds is 4. The van der Waals surface area contributed by atoms with E-state index < -0.39 is 0 Å². The fraction of sp³-hybridized carbons (Fsp3) is 0.111. The van der Waals surface area contributed by atoms with E-state index in [4.69, 9.17) is 11.6 Å². The van der Waals surface area contributed by atoms with E-state index in [0.717, 1.165) is 11.6 Å². The maximum absolute atomic E-state index is 5.97. The second-order valence-corrected chi connectivity index (χ2v) is 5.96. The standard InChI is InChI=1S/C18H15ClN4/c19-16-7-5-14(6-8-16)9-22-10-15(11-23-13-20-12-21-23)17-3-1-2-4-18(17)22/h1-8,10,12-13H,9,11H2. The topological polar surface area (TPSA) is 35.6 Å². The SMILES string of the molecule is Clc1ccc(Cn2cc(Cn3cncn3)c3ccccc32)cc1. The average molecular weight is 323 g/mol. The summed E-state index contributed by atoms with van der Waals surface area (Å²) < 4.78 is 4.11. The largest absolute Gasteiger partial charge is 0.343 e. The fourth-order valence-electron chi connectivity index (χ4n) is 2.86. The first-order chi connectivity index (χ1) is 11.3. The highest BCUT2D eigenvalue weighted by Crippen LogP contribution is 2.23. The van der Waals surface area contributed by atoms with Crippen molar-refractivity contribution in [3.8, 4) is 0 Å². The molecule has 2 aromatic heterocycles. The molecule has 2 aromatic carbocycles. The van der Waals surface area contributed by atoms with Crippen LogP contribution < -0.4 is 0 Å². The molecule has 0 fully saturated rings. The van der Waals surface area contributed by atoms with Crippen LogP contribution in [0.4, 0.5) is 0 Å². The summed E-state index contributed by atoms with van der Waals surface area (Å²) in [5, 5.41) is 6.21. The number of aromatic nitrogens is 4. The Hall–Kier alpha value is -2.59. The first kappa shape index (κ1) is 14.0. The van der Waals surface area contributed by atoms with Crippen molar-refractivity contribution in [1.82, 2.24) is 19.3 Å². The lowest BCUT2D eigenvalue weighted by Crippen LogP contribution is -2.00. The minimum absolute atomic E-state index is 0.716. The number of para-hydroxylation sites is 1. The average Bonchev–Trinajstić information content (AvgIpc) is 3.19. The highest BCUT2D eigenvalue weighted by atomic mass is 35.5. The summed E-state index contributed by atoms with van der Waals surface area (Å²) in [6.07, 6.45) is 5.50. The van der Waals surface area contributed by atoms with Gasteiger partial charge in [-0.3, -0.25) is 0 Å². The molecule has 0 spiro atoms. The van der Waals surface area contributed by atoms with Crippen molar-refractivity contribution in [3.05, 3.63) is 83.5 Å². The maximum Gasteiger partial charge on any atom is 0.137 e. The van der Waals surface area contributed by atoms with Crippen LogP contribution in [0, 0.1) is 0 Å². The number of benzene rings is 2. The normalized spacial score (nSPS) is 11.2. The summed E-state index contributed by atoms with van der Waals surface area (Å²) in [6, 6.07) is 16.4. The molecule has 4 nitrogen and oxygen atoms in total. The minimum atomic E-state index is 0.716. The quantitative estimate of drug-likeness (QED) is 0.569. The molecule has 23 heavy (non-hydrogen) atoms. The minimum Gasteiger partial charge on any atom is -0.343 e. The van der Waals surface area contributed by atoms with E-state index in [2.05, 4.69) is 57.2 Å². The summed E-state index contributed by atoms with van der Waals surface area (Å²) in [5.41, 5.74) is 3.68. The Balaban J connectivity index is 1.73. The number of halogens is 1. The molecule has 4 aromatic rings. The zero-order valence-electron chi connectivity index (χ0n) is 12.4. The van der Waals surface area contributed by atoms with E-state index in [1.54, 1.807) is 12.7 Å². The predicted molar refractivity (Wildman–Crippen MR) is 91.6 cm³/mol. The van der Waals surface area contributed by atoms with Crippen molar-refractivity contribution < 1.29 is 0 Å². The molecule has 0 amide bonds. The van der Waals surface area contributed by atoms with Crippen LogP contribution in [0.2, 0.25) is 5.02 Å². The number of fused-ring (bicyclic) bond motifs is 1. The molecule has 0 saturated heterocycles. The molecule has 0 saturated carbocycles. The second-order valence-electron chi connectivity index (χ2n) is 5.52. The fourth-order valence-corrected chi connectivity index (χ4v) is 2.98. The van der Waals surface area contributed by atoms with E-state index in [1.807, 2.05) is 16.8 Å². The Kier molecular flexibility index (Phi) is 3.60. The van der Waals surface area contributed by atoms with Crippen LogP contribution in [-0.2, 0) is 13.1 Å². The summed E-state index contributed by atoms with van der Waals surface area (Å²) in [5.74, 6) is 0. The van der Waals surface area contributed by atoms with Gasteiger partial charge in [0.2, 0.25) is 0 Å². The first-order valence-electron chi connectivity index (χ1n) is 7.43. The van der Waals surface area contributed by atoms with E-state index in [9.17, 15) is 0 Å². The summed E-state index contributed by atoms with van der Waals surface area (Å²) in [6.45, 7) is 1.53. The zero-order chi connectivity index (χ0) is 15.6. The maximum atomic E-state index is 5.97. The zero-order valence-corrected chi connectivity index (χ0v) is 13.2. The van der Waals surface area contributed by atoms with Crippen molar-refractivity contribution in [2.75, 3.05) is 0 Å². The number of hydrogen-bond acceptors (Lipinski definition) is 2. The Morgan fingerprint density at radius 3 is 2.57 bits per heavy atom. The van der Waals surface area contributed by atoms with Crippen LogP contribution in [0.25, 0.3) is 10.9 Å². The molecule has 114 valence electrons. The molecule has 0 aliphatic rings. The van der Waals surface area contributed by atoms with Gasteiger partial charge in [-0.25, -0.2) is 9.67 Å². The Bertz CT molecular complexity index is 923. The smallest absolute Gasteiger partial charge is 0.137 e. The van der Waals surface area contributed by atoms with Gasteiger partial charge in [0.1, 0.15) is 12.7 Å². The van der Waals surface area contributed by atoms with E-state index in [-0.39, 0.29) is 0 Å². The molecule has 0 aliphatic heterocycles. The van der Waals surface area contributed by atoms with Gasteiger partial charge in [0.15, 0.2) is 0 Å². The third-order valence-electron chi connectivity index (χ3n) is 3.94. The lowest BCUT2D eigenvalue weighted by Gasteiger charge is -2.05.